The van der Waals surface area contributed by atoms with Gasteiger partial charge in [-0.1, -0.05) is 0 Å². The van der Waals surface area contributed by atoms with E-state index >= 15 is 0 Å². The number of hydrogen-bond donors (Lipinski definition) is 3. The van der Waals surface area contributed by atoms with Gasteiger partial charge in [-0.3, -0.25) is 0 Å². The third-order valence-corrected chi connectivity index (χ3v) is 0.747. The Labute approximate surface area is 59.2 Å². The van der Waals surface area contributed by atoms with Gasteiger partial charge in [0.05, 0.1) is 0 Å². The second-order valence-electron chi connectivity index (χ2n) is 1.89. The molecular formula is C5H12N2O3. The summed E-state index contributed by atoms with van der Waals surface area (Å²) in [5.74, 6) is 0. The largest absolute Gasteiger partial charge is 0.368 e. The van der Waals surface area contributed by atoms with E-state index in [-0.39, 0.29) is 0 Å². The Hall–Kier alpha value is -0.810. The number of carbonyl (C=O) groups is 1. The SMILES string of the molecule is CC(O)OC(C)NC(N)=O. The number of rotatable bonds is 3. The molecule has 2 unspecified atom stereocenters. The summed E-state index contributed by atoms with van der Waals surface area (Å²) in [5.41, 5.74) is 4.76. The van der Waals surface area contributed by atoms with Gasteiger partial charge in [0, 0.05) is 0 Å². The summed E-state index contributed by atoms with van der Waals surface area (Å²) in [6, 6.07) is -0.673. The highest BCUT2D eigenvalue weighted by Gasteiger charge is 2.05. The fourth-order valence-electron chi connectivity index (χ4n) is 0.530. The fraction of sp³-hybridized carbons (Fsp3) is 0.800. The Morgan fingerprint density at radius 3 is 2.50 bits per heavy atom. The smallest absolute Gasteiger partial charge is 0.314 e. The van der Waals surface area contributed by atoms with Gasteiger partial charge in [-0.2, -0.15) is 0 Å². The summed E-state index contributed by atoms with van der Waals surface area (Å²) in [4.78, 5) is 10.1. The van der Waals surface area contributed by atoms with Crippen LogP contribution in [0.3, 0.4) is 0 Å². The highest BCUT2D eigenvalue weighted by Crippen LogP contribution is 1.89. The van der Waals surface area contributed by atoms with Crippen molar-refractivity contribution < 1.29 is 14.6 Å². The number of aliphatic hydroxyl groups excluding tert-OH is 1. The Morgan fingerprint density at radius 1 is 1.70 bits per heavy atom. The lowest BCUT2D eigenvalue weighted by molar-refractivity contribution is -0.123. The van der Waals surface area contributed by atoms with Crippen molar-refractivity contribution in [2.75, 3.05) is 0 Å². The van der Waals surface area contributed by atoms with Gasteiger partial charge < -0.3 is 20.9 Å². The molecule has 5 heteroatoms. The highest BCUT2D eigenvalue weighted by atomic mass is 16.6. The maximum absolute atomic E-state index is 10.1. The monoisotopic (exact) mass is 148 g/mol. The average Bonchev–Trinajstić information content (AvgIpc) is 1.58. The molecule has 0 saturated carbocycles. The Morgan fingerprint density at radius 2 is 2.20 bits per heavy atom. The first-order valence-corrected chi connectivity index (χ1v) is 2.92. The first kappa shape index (κ1) is 9.19. The normalized spacial score (nSPS) is 15.9. The quantitative estimate of drug-likeness (QED) is 0.465. The van der Waals surface area contributed by atoms with Crippen molar-refractivity contribution in [3.05, 3.63) is 0 Å². The number of aliphatic hydroxyl groups is 1. The van der Waals surface area contributed by atoms with Crippen LogP contribution in [0.15, 0.2) is 0 Å². The van der Waals surface area contributed by atoms with Crippen LogP contribution in [0.2, 0.25) is 0 Å². The van der Waals surface area contributed by atoms with Crippen LogP contribution >= 0.6 is 0 Å². The molecule has 0 aliphatic carbocycles. The molecule has 0 bridgehead atoms. The van der Waals surface area contributed by atoms with Crippen molar-refractivity contribution in [1.82, 2.24) is 5.32 Å². The maximum atomic E-state index is 10.1. The summed E-state index contributed by atoms with van der Waals surface area (Å²) < 4.78 is 4.70. The molecular weight excluding hydrogens is 136 g/mol. The van der Waals surface area contributed by atoms with E-state index in [1.807, 2.05) is 0 Å². The molecule has 5 nitrogen and oxygen atoms in total. The zero-order valence-electron chi connectivity index (χ0n) is 6.00. The van der Waals surface area contributed by atoms with Crippen LogP contribution in [0.1, 0.15) is 13.8 Å². The van der Waals surface area contributed by atoms with Gasteiger partial charge in [-0.25, -0.2) is 4.79 Å². The summed E-state index contributed by atoms with van der Waals surface area (Å²) in [6.45, 7) is 3.01. The topological polar surface area (TPSA) is 84.6 Å². The Kier molecular flexibility index (Phi) is 3.75. The average molecular weight is 148 g/mol. The minimum Gasteiger partial charge on any atom is -0.368 e. The molecule has 2 amide bonds. The highest BCUT2D eigenvalue weighted by molar-refractivity contribution is 5.71. The molecule has 0 aliphatic rings. The third kappa shape index (κ3) is 5.33. The number of urea groups is 1. The standard InChI is InChI=1S/C5H12N2O3/c1-3(7-5(6)9)10-4(2)8/h3-4,8H,1-2H3,(H3,6,7,9). The van der Waals surface area contributed by atoms with Crippen LogP contribution in [-0.2, 0) is 4.74 Å². The lowest BCUT2D eigenvalue weighted by Gasteiger charge is -2.14. The van der Waals surface area contributed by atoms with Gasteiger partial charge >= 0.3 is 6.03 Å². The van der Waals surface area contributed by atoms with Gasteiger partial charge in [0.1, 0.15) is 6.23 Å². The summed E-state index contributed by atoms with van der Waals surface area (Å²) in [7, 11) is 0. The molecule has 0 rings (SSSR count). The van der Waals surface area contributed by atoms with Crippen LogP contribution in [0, 0.1) is 0 Å². The van der Waals surface area contributed by atoms with Crippen molar-refractivity contribution in [2.45, 2.75) is 26.4 Å². The van der Waals surface area contributed by atoms with E-state index in [4.69, 9.17) is 15.6 Å². The first-order valence-electron chi connectivity index (χ1n) is 2.92. The van der Waals surface area contributed by atoms with Crippen molar-refractivity contribution in [3.63, 3.8) is 0 Å². The number of primary amides is 1. The number of carbonyl (C=O) groups excluding carboxylic acids is 1. The van der Waals surface area contributed by atoms with Crippen LogP contribution in [-0.4, -0.2) is 23.7 Å². The van der Waals surface area contributed by atoms with E-state index in [9.17, 15) is 4.79 Å². The maximum Gasteiger partial charge on any atom is 0.314 e. The number of ether oxygens (including phenoxy) is 1. The molecule has 4 N–H and O–H groups in total. The van der Waals surface area contributed by atoms with E-state index < -0.39 is 18.5 Å². The molecule has 2 atom stereocenters. The van der Waals surface area contributed by atoms with Crippen molar-refractivity contribution in [1.29, 1.82) is 0 Å². The van der Waals surface area contributed by atoms with Crippen molar-refractivity contribution in [3.8, 4) is 0 Å². The van der Waals surface area contributed by atoms with E-state index in [1.54, 1.807) is 6.92 Å². The van der Waals surface area contributed by atoms with Gasteiger partial charge in [-0.05, 0) is 13.8 Å². The van der Waals surface area contributed by atoms with Crippen LogP contribution < -0.4 is 11.1 Å². The van der Waals surface area contributed by atoms with Gasteiger partial charge in [0.15, 0.2) is 6.29 Å². The number of hydrogen-bond acceptors (Lipinski definition) is 3. The second kappa shape index (κ2) is 4.08. The summed E-state index contributed by atoms with van der Waals surface area (Å²) in [6.07, 6.45) is -1.46. The molecule has 0 spiro atoms. The number of amides is 2. The zero-order chi connectivity index (χ0) is 8.15. The lowest BCUT2D eigenvalue weighted by atomic mass is 10.6. The minimum absolute atomic E-state index is 0.558. The summed E-state index contributed by atoms with van der Waals surface area (Å²) in [5, 5.41) is 10.9. The van der Waals surface area contributed by atoms with Gasteiger partial charge in [0.25, 0.3) is 0 Å². The molecule has 0 aliphatic heterocycles. The van der Waals surface area contributed by atoms with E-state index in [1.165, 1.54) is 6.92 Å². The lowest BCUT2D eigenvalue weighted by Crippen LogP contribution is -2.39. The van der Waals surface area contributed by atoms with E-state index in [2.05, 4.69) is 5.32 Å². The van der Waals surface area contributed by atoms with Crippen molar-refractivity contribution >= 4 is 6.03 Å². The molecule has 0 fully saturated rings. The van der Waals surface area contributed by atoms with Crippen LogP contribution in [0.4, 0.5) is 4.79 Å². The predicted molar refractivity (Wildman–Crippen MR) is 34.9 cm³/mol. The number of nitrogens with two attached hydrogens (primary N) is 1. The molecule has 0 aromatic heterocycles. The van der Waals surface area contributed by atoms with E-state index in [0.29, 0.717) is 0 Å². The number of nitrogens with one attached hydrogen (secondary N) is 1. The Balaban J connectivity index is 3.43. The van der Waals surface area contributed by atoms with E-state index in [0.717, 1.165) is 0 Å². The molecule has 10 heavy (non-hydrogen) atoms. The third-order valence-electron chi connectivity index (χ3n) is 0.747. The fourth-order valence-corrected chi connectivity index (χ4v) is 0.530. The summed E-state index contributed by atoms with van der Waals surface area (Å²) >= 11 is 0. The molecule has 0 aromatic rings. The molecule has 0 radical (unpaired) electrons. The minimum atomic E-state index is -0.901. The molecule has 0 saturated heterocycles. The van der Waals surface area contributed by atoms with Crippen LogP contribution in [0.5, 0.6) is 0 Å². The van der Waals surface area contributed by atoms with Gasteiger partial charge in [-0.15, -0.1) is 0 Å². The Bertz CT molecular complexity index is 115. The van der Waals surface area contributed by atoms with Crippen LogP contribution in [0.25, 0.3) is 0 Å². The second-order valence-corrected chi connectivity index (χ2v) is 1.89. The van der Waals surface area contributed by atoms with Gasteiger partial charge in [0.2, 0.25) is 0 Å². The molecule has 0 aromatic carbocycles. The molecule has 0 heterocycles. The first-order chi connectivity index (χ1) is 4.52. The molecule has 60 valence electrons. The predicted octanol–water partition coefficient (Wildman–Crippen LogP) is -0.644. The van der Waals surface area contributed by atoms with Crippen molar-refractivity contribution in [2.24, 2.45) is 5.73 Å². The zero-order valence-corrected chi connectivity index (χ0v) is 6.00.